The molecule has 100 valence electrons. The van der Waals surface area contributed by atoms with Crippen LogP contribution in [0.25, 0.3) is 0 Å². The van der Waals surface area contributed by atoms with Crippen LogP contribution in [0.2, 0.25) is 0 Å². The first-order valence-electron chi connectivity index (χ1n) is 7.08. The third-order valence-electron chi connectivity index (χ3n) is 3.71. The van der Waals surface area contributed by atoms with Gasteiger partial charge in [-0.15, -0.1) is 0 Å². The molecule has 2 heteroatoms. The number of hydrogen-bond donors (Lipinski definition) is 0. The average molecular weight is 247 g/mol. The molecule has 1 aromatic carbocycles. The third kappa shape index (κ3) is 3.26. The molecule has 0 saturated carbocycles. The standard InChI is InChI=1S/C16H25NO/c1-13(2)12-17-11-5-4-6-16(17)14-7-9-15(18-3)10-8-14/h7-10,13,16H,4-6,11-12H2,1-3H3/t16-/m1/s1. The highest BCUT2D eigenvalue weighted by atomic mass is 16.5. The molecule has 18 heavy (non-hydrogen) atoms. The molecule has 1 aliphatic rings. The maximum Gasteiger partial charge on any atom is 0.118 e. The molecule has 0 radical (unpaired) electrons. The van der Waals surface area contributed by atoms with Gasteiger partial charge in [-0.05, 0) is 43.0 Å². The fraction of sp³-hybridized carbons (Fsp3) is 0.625. The second-order valence-electron chi connectivity index (χ2n) is 5.67. The van der Waals surface area contributed by atoms with Crippen molar-refractivity contribution in [2.45, 2.75) is 39.2 Å². The van der Waals surface area contributed by atoms with Gasteiger partial charge in [-0.25, -0.2) is 0 Å². The van der Waals surface area contributed by atoms with Gasteiger partial charge in [0.2, 0.25) is 0 Å². The van der Waals surface area contributed by atoms with Crippen molar-refractivity contribution in [2.75, 3.05) is 20.2 Å². The third-order valence-corrected chi connectivity index (χ3v) is 3.71. The zero-order valence-electron chi connectivity index (χ0n) is 11.9. The van der Waals surface area contributed by atoms with E-state index in [1.165, 1.54) is 37.9 Å². The van der Waals surface area contributed by atoms with E-state index in [-0.39, 0.29) is 0 Å². The van der Waals surface area contributed by atoms with Crippen LogP contribution < -0.4 is 4.74 Å². The Morgan fingerprint density at radius 2 is 1.94 bits per heavy atom. The molecule has 1 heterocycles. The van der Waals surface area contributed by atoms with Gasteiger partial charge in [0.25, 0.3) is 0 Å². The second-order valence-corrected chi connectivity index (χ2v) is 5.67. The normalized spacial score (nSPS) is 21.2. The predicted molar refractivity (Wildman–Crippen MR) is 76.0 cm³/mol. The fourth-order valence-electron chi connectivity index (χ4n) is 2.88. The molecule has 1 saturated heterocycles. The number of rotatable bonds is 4. The molecule has 1 fully saturated rings. The molecule has 0 aromatic heterocycles. The zero-order chi connectivity index (χ0) is 13.0. The number of benzene rings is 1. The fourth-order valence-corrected chi connectivity index (χ4v) is 2.88. The van der Waals surface area contributed by atoms with E-state index in [0.717, 1.165) is 11.7 Å². The minimum atomic E-state index is 0.604. The summed E-state index contributed by atoms with van der Waals surface area (Å²) in [5.41, 5.74) is 1.44. The van der Waals surface area contributed by atoms with Crippen LogP contribution in [0, 0.1) is 5.92 Å². The largest absolute Gasteiger partial charge is 0.497 e. The van der Waals surface area contributed by atoms with Gasteiger partial charge in [-0.1, -0.05) is 32.4 Å². The second kappa shape index (κ2) is 6.24. The highest BCUT2D eigenvalue weighted by molar-refractivity contribution is 5.29. The summed E-state index contributed by atoms with van der Waals surface area (Å²) in [5.74, 6) is 1.69. The van der Waals surface area contributed by atoms with Gasteiger partial charge in [-0.2, -0.15) is 0 Å². The molecule has 1 aromatic rings. The number of methoxy groups -OCH3 is 1. The summed E-state index contributed by atoms with van der Waals surface area (Å²) >= 11 is 0. The lowest BCUT2D eigenvalue weighted by Gasteiger charge is -2.37. The van der Waals surface area contributed by atoms with Crippen molar-refractivity contribution in [3.05, 3.63) is 29.8 Å². The molecule has 0 unspecified atom stereocenters. The minimum absolute atomic E-state index is 0.604. The summed E-state index contributed by atoms with van der Waals surface area (Å²) in [6.45, 7) is 7.06. The highest BCUT2D eigenvalue weighted by Gasteiger charge is 2.24. The molecule has 1 aliphatic heterocycles. The van der Waals surface area contributed by atoms with Crippen molar-refractivity contribution >= 4 is 0 Å². The van der Waals surface area contributed by atoms with Gasteiger partial charge in [0.1, 0.15) is 5.75 Å². The number of likely N-dealkylation sites (tertiary alicyclic amines) is 1. The molecule has 0 bridgehead atoms. The SMILES string of the molecule is COc1ccc([C@H]2CCCCN2CC(C)C)cc1. The summed E-state index contributed by atoms with van der Waals surface area (Å²) in [6, 6.07) is 9.21. The Morgan fingerprint density at radius 3 is 2.56 bits per heavy atom. The highest BCUT2D eigenvalue weighted by Crippen LogP contribution is 2.32. The van der Waals surface area contributed by atoms with Crippen molar-refractivity contribution in [3.63, 3.8) is 0 Å². The van der Waals surface area contributed by atoms with Crippen molar-refractivity contribution in [2.24, 2.45) is 5.92 Å². The molecular formula is C16H25NO. The van der Waals surface area contributed by atoms with E-state index in [9.17, 15) is 0 Å². The number of hydrogen-bond acceptors (Lipinski definition) is 2. The Balaban J connectivity index is 2.11. The van der Waals surface area contributed by atoms with Gasteiger partial charge in [0, 0.05) is 12.6 Å². The van der Waals surface area contributed by atoms with Crippen molar-refractivity contribution in [1.82, 2.24) is 4.90 Å². The Morgan fingerprint density at radius 1 is 1.22 bits per heavy atom. The molecule has 0 spiro atoms. The lowest BCUT2D eigenvalue weighted by Crippen LogP contribution is -2.36. The molecule has 2 nitrogen and oxygen atoms in total. The molecular weight excluding hydrogens is 222 g/mol. The summed E-state index contributed by atoms with van der Waals surface area (Å²) in [7, 11) is 1.72. The van der Waals surface area contributed by atoms with E-state index < -0.39 is 0 Å². The Bertz CT molecular complexity index is 358. The van der Waals surface area contributed by atoms with E-state index in [0.29, 0.717) is 6.04 Å². The molecule has 0 amide bonds. The minimum Gasteiger partial charge on any atom is -0.497 e. The van der Waals surface area contributed by atoms with Crippen molar-refractivity contribution in [3.8, 4) is 5.75 Å². The Labute approximate surface area is 111 Å². The topological polar surface area (TPSA) is 12.5 Å². The van der Waals surface area contributed by atoms with Gasteiger partial charge < -0.3 is 4.74 Å². The van der Waals surface area contributed by atoms with Crippen molar-refractivity contribution in [1.29, 1.82) is 0 Å². The maximum atomic E-state index is 5.23. The smallest absolute Gasteiger partial charge is 0.118 e. The molecule has 0 N–H and O–H groups in total. The van der Waals surface area contributed by atoms with Crippen molar-refractivity contribution < 1.29 is 4.74 Å². The van der Waals surface area contributed by atoms with E-state index in [2.05, 4.69) is 43.0 Å². The van der Waals surface area contributed by atoms with Crippen LogP contribution in [0.4, 0.5) is 0 Å². The monoisotopic (exact) mass is 247 g/mol. The quantitative estimate of drug-likeness (QED) is 0.800. The van der Waals surface area contributed by atoms with Crippen LogP contribution in [0.5, 0.6) is 5.75 Å². The number of nitrogens with zero attached hydrogens (tertiary/aromatic N) is 1. The Kier molecular flexibility index (Phi) is 4.65. The van der Waals surface area contributed by atoms with Crippen LogP contribution in [-0.2, 0) is 0 Å². The first-order chi connectivity index (χ1) is 8.70. The van der Waals surface area contributed by atoms with Crippen LogP contribution in [0.3, 0.4) is 0 Å². The average Bonchev–Trinajstić information content (AvgIpc) is 2.39. The summed E-state index contributed by atoms with van der Waals surface area (Å²) in [6.07, 6.45) is 3.99. The van der Waals surface area contributed by atoms with E-state index in [1.807, 2.05) is 0 Å². The maximum absolute atomic E-state index is 5.23. The first-order valence-corrected chi connectivity index (χ1v) is 7.08. The lowest BCUT2D eigenvalue weighted by molar-refractivity contribution is 0.132. The first kappa shape index (κ1) is 13.4. The predicted octanol–water partition coefficient (Wildman–Crippen LogP) is 3.88. The summed E-state index contributed by atoms with van der Waals surface area (Å²) in [4.78, 5) is 2.65. The Hall–Kier alpha value is -1.02. The molecule has 0 aliphatic carbocycles. The van der Waals surface area contributed by atoms with E-state index >= 15 is 0 Å². The van der Waals surface area contributed by atoms with E-state index in [1.54, 1.807) is 7.11 Å². The summed E-state index contributed by atoms with van der Waals surface area (Å²) in [5, 5.41) is 0. The molecule has 1 atom stereocenters. The zero-order valence-corrected chi connectivity index (χ0v) is 11.9. The van der Waals surface area contributed by atoms with Gasteiger partial charge in [-0.3, -0.25) is 4.90 Å². The summed E-state index contributed by atoms with van der Waals surface area (Å²) < 4.78 is 5.23. The van der Waals surface area contributed by atoms with Crippen LogP contribution in [0.15, 0.2) is 24.3 Å². The van der Waals surface area contributed by atoms with Crippen LogP contribution in [0.1, 0.15) is 44.7 Å². The lowest BCUT2D eigenvalue weighted by atomic mass is 9.94. The van der Waals surface area contributed by atoms with Crippen LogP contribution in [-0.4, -0.2) is 25.1 Å². The van der Waals surface area contributed by atoms with E-state index in [4.69, 9.17) is 4.74 Å². The number of ether oxygens (including phenoxy) is 1. The van der Waals surface area contributed by atoms with Gasteiger partial charge in [0.05, 0.1) is 7.11 Å². The molecule has 2 rings (SSSR count). The van der Waals surface area contributed by atoms with Gasteiger partial charge >= 0.3 is 0 Å². The number of piperidine rings is 1. The van der Waals surface area contributed by atoms with Gasteiger partial charge in [0.15, 0.2) is 0 Å². The van der Waals surface area contributed by atoms with Crippen LogP contribution >= 0.6 is 0 Å².